The van der Waals surface area contributed by atoms with Crippen LogP contribution in [0.15, 0.2) is 85.1 Å². The number of phosphoric ester groups is 1. The zero-order valence-electron chi connectivity index (χ0n) is 37.9. The molecule has 0 bridgehead atoms. The molecule has 0 rings (SSSR count). The molecule has 0 aromatic heterocycles. The van der Waals surface area contributed by atoms with Crippen molar-refractivity contribution in [3.8, 4) is 0 Å². The molecule has 0 aliphatic rings. The summed E-state index contributed by atoms with van der Waals surface area (Å²) in [5, 5.41) is 12.7. The summed E-state index contributed by atoms with van der Waals surface area (Å²) in [5.41, 5.74) is 0. The number of nitrogens with one attached hydrogen (secondary N) is 1. The van der Waals surface area contributed by atoms with E-state index in [-0.39, 0.29) is 32.1 Å². The summed E-state index contributed by atoms with van der Waals surface area (Å²) in [4.78, 5) is 34.0. The monoisotopic (exact) mass is 860 g/mol. The summed E-state index contributed by atoms with van der Waals surface area (Å²) in [6.07, 6.45) is 58.0. The molecule has 0 radical (unpaired) electrons. The third-order valence-corrected chi connectivity index (χ3v) is 10.5. The Morgan fingerprint density at radius 1 is 0.533 bits per heavy atom. The van der Waals surface area contributed by atoms with Crippen LogP contribution in [0, 0.1) is 0 Å². The molecular formula is C50H86NO8P. The lowest BCUT2D eigenvalue weighted by Crippen LogP contribution is -2.27. The van der Waals surface area contributed by atoms with Crippen LogP contribution in [0.4, 0.5) is 0 Å². The number of rotatable bonds is 43. The fourth-order valence-electron chi connectivity index (χ4n) is 6.02. The van der Waals surface area contributed by atoms with Crippen LogP contribution < -0.4 is 5.32 Å². The summed E-state index contributed by atoms with van der Waals surface area (Å²) < 4.78 is 26.9. The van der Waals surface area contributed by atoms with Gasteiger partial charge in [-0.2, -0.15) is 0 Å². The molecule has 1 amide bonds. The van der Waals surface area contributed by atoms with E-state index in [4.69, 9.17) is 13.8 Å². The summed E-state index contributed by atoms with van der Waals surface area (Å²) in [6.45, 7) is 3.38. The van der Waals surface area contributed by atoms with Crippen LogP contribution in [0.25, 0.3) is 0 Å². The van der Waals surface area contributed by atoms with E-state index >= 15 is 0 Å². The molecule has 0 saturated heterocycles. The molecule has 0 aromatic rings. The maximum absolute atomic E-state index is 12.1. The molecule has 0 fully saturated rings. The largest absolute Gasteiger partial charge is 0.472 e. The van der Waals surface area contributed by atoms with Crippen LogP contribution in [0.3, 0.4) is 0 Å². The van der Waals surface area contributed by atoms with Gasteiger partial charge in [-0.05, 0) is 89.9 Å². The summed E-state index contributed by atoms with van der Waals surface area (Å²) >= 11 is 0. The van der Waals surface area contributed by atoms with Crippen LogP contribution in [-0.2, 0) is 27.9 Å². The molecule has 10 heteroatoms. The Bertz CT molecular complexity index is 1250. The van der Waals surface area contributed by atoms with Gasteiger partial charge in [0.1, 0.15) is 12.7 Å². The predicted octanol–water partition coefficient (Wildman–Crippen LogP) is 13.6. The van der Waals surface area contributed by atoms with E-state index in [1.807, 2.05) is 0 Å². The molecule has 0 spiro atoms. The standard InChI is InChI=1S/C50H86NO8P/c1-3-5-7-9-11-13-15-17-19-21-22-23-24-25-26-27-28-30-32-34-36-38-40-42-49(53)51-44-45-58-60(55,56)59-47-48(52)46-57-50(54)43-41-39-37-35-33-31-29-20-18-16-14-12-10-8-6-4-2/h5,7,11,13-14,16-17,19-20,22-23,25-26,29,48,52H,3-4,6,8-10,12,15,18,21,24,27-28,30-47H2,1-2H3,(H,51,53)(H,55,56)/b7-5-,13-11-,16-14-,19-17-,23-22-,26-25-,29-20-. The van der Waals surface area contributed by atoms with Crippen LogP contribution in [0.1, 0.15) is 187 Å². The second-order valence-corrected chi connectivity index (χ2v) is 16.8. The van der Waals surface area contributed by atoms with Crippen molar-refractivity contribution in [3.63, 3.8) is 0 Å². The quantitative estimate of drug-likeness (QED) is 0.0239. The summed E-state index contributed by atoms with van der Waals surface area (Å²) in [6, 6.07) is 0. The lowest BCUT2D eigenvalue weighted by molar-refractivity contribution is -0.147. The minimum absolute atomic E-state index is 0.0685. The number of hydrogen-bond donors (Lipinski definition) is 3. The number of hydrogen-bond acceptors (Lipinski definition) is 7. The number of aliphatic hydroxyl groups is 1. The lowest BCUT2D eigenvalue weighted by atomic mass is 10.1. The normalized spacial score (nSPS) is 14.0. The number of amides is 1. The second-order valence-electron chi connectivity index (χ2n) is 15.3. The molecule has 2 atom stereocenters. The Kier molecular flexibility index (Phi) is 43.6. The number of phosphoric acid groups is 1. The van der Waals surface area contributed by atoms with Gasteiger partial charge in [0.15, 0.2) is 0 Å². The second kappa shape index (κ2) is 45.7. The molecule has 9 nitrogen and oxygen atoms in total. The van der Waals surface area contributed by atoms with Gasteiger partial charge in [0, 0.05) is 19.4 Å². The van der Waals surface area contributed by atoms with Crippen LogP contribution in [-0.4, -0.2) is 54.3 Å². The van der Waals surface area contributed by atoms with E-state index in [0.717, 1.165) is 96.3 Å². The summed E-state index contributed by atoms with van der Waals surface area (Å²) in [7, 11) is -4.43. The number of ether oxygens (including phenoxy) is 1. The molecular weight excluding hydrogens is 774 g/mol. The van der Waals surface area contributed by atoms with Crippen molar-refractivity contribution < 1.29 is 37.9 Å². The number of allylic oxidation sites excluding steroid dienone is 14. The highest BCUT2D eigenvalue weighted by molar-refractivity contribution is 7.47. The molecule has 0 aromatic carbocycles. The van der Waals surface area contributed by atoms with Crippen molar-refractivity contribution in [1.82, 2.24) is 5.32 Å². The third-order valence-electron chi connectivity index (χ3n) is 9.56. The van der Waals surface area contributed by atoms with E-state index < -0.39 is 26.5 Å². The first-order valence-electron chi connectivity index (χ1n) is 23.6. The number of carbonyl (C=O) groups is 2. The SMILES string of the molecule is CC/C=C\C/C=C\C/C=C\C/C=C\C/C=C\CCCCCCCCCC(=O)NCCOP(=O)(O)OCC(O)COC(=O)CCCCCCC/C=C\C/C=C\CCCCCC. The molecule has 0 heterocycles. The van der Waals surface area contributed by atoms with Crippen molar-refractivity contribution in [2.45, 2.75) is 193 Å². The van der Waals surface area contributed by atoms with E-state index in [0.29, 0.717) is 12.8 Å². The molecule has 0 saturated carbocycles. The smallest absolute Gasteiger partial charge is 0.463 e. The molecule has 344 valence electrons. The highest BCUT2D eigenvalue weighted by Gasteiger charge is 2.23. The zero-order chi connectivity index (χ0) is 43.9. The first kappa shape index (κ1) is 57.2. The molecule has 0 aliphatic carbocycles. The molecule has 3 N–H and O–H groups in total. The topological polar surface area (TPSA) is 131 Å². The number of unbranched alkanes of at least 4 members (excludes halogenated alkanes) is 16. The first-order valence-corrected chi connectivity index (χ1v) is 25.1. The van der Waals surface area contributed by atoms with E-state index in [9.17, 15) is 24.2 Å². The van der Waals surface area contributed by atoms with Crippen molar-refractivity contribution >= 4 is 19.7 Å². The van der Waals surface area contributed by atoms with E-state index in [1.165, 1.54) is 57.8 Å². The Morgan fingerprint density at radius 3 is 1.43 bits per heavy atom. The van der Waals surface area contributed by atoms with Crippen molar-refractivity contribution in [2.75, 3.05) is 26.4 Å². The maximum Gasteiger partial charge on any atom is 0.472 e. The number of esters is 1. The lowest BCUT2D eigenvalue weighted by Gasteiger charge is -2.15. The van der Waals surface area contributed by atoms with E-state index in [1.54, 1.807) is 0 Å². The van der Waals surface area contributed by atoms with Gasteiger partial charge in [-0.25, -0.2) is 4.57 Å². The maximum atomic E-state index is 12.1. The van der Waals surface area contributed by atoms with Gasteiger partial charge in [0.2, 0.25) is 5.91 Å². The van der Waals surface area contributed by atoms with Gasteiger partial charge in [0.25, 0.3) is 0 Å². The van der Waals surface area contributed by atoms with Crippen molar-refractivity contribution in [2.24, 2.45) is 0 Å². The van der Waals surface area contributed by atoms with Gasteiger partial charge < -0.3 is 20.1 Å². The van der Waals surface area contributed by atoms with Gasteiger partial charge in [-0.15, -0.1) is 0 Å². The van der Waals surface area contributed by atoms with Crippen molar-refractivity contribution in [1.29, 1.82) is 0 Å². The molecule has 0 aliphatic heterocycles. The van der Waals surface area contributed by atoms with Crippen LogP contribution in [0.5, 0.6) is 0 Å². The van der Waals surface area contributed by atoms with Crippen LogP contribution >= 0.6 is 7.82 Å². The zero-order valence-corrected chi connectivity index (χ0v) is 38.8. The minimum atomic E-state index is -4.43. The first-order chi connectivity index (χ1) is 29.3. The highest BCUT2D eigenvalue weighted by Crippen LogP contribution is 2.42. The molecule has 60 heavy (non-hydrogen) atoms. The van der Waals surface area contributed by atoms with Crippen LogP contribution in [0.2, 0.25) is 0 Å². The Morgan fingerprint density at radius 2 is 0.950 bits per heavy atom. The fraction of sp³-hybridized carbons (Fsp3) is 0.680. The average Bonchev–Trinajstić information content (AvgIpc) is 3.23. The third kappa shape index (κ3) is 46.3. The molecule has 2 unspecified atom stereocenters. The highest BCUT2D eigenvalue weighted by atomic mass is 31.2. The average molecular weight is 860 g/mol. The van der Waals surface area contributed by atoms with E-state index in [2.05, 4.69) is 104 Å². The fourth-order valence-corrected chi connectivity index (χ4v) is 6.78. The predicted molar refractivity (Wildman–Crippen MR) is 252 cm³/mol. The Balaban J connectivity index is 3.64. The number of aliphatic hydroxyl groups excluding tert-OH is 1. The van der Waals surface area contributed by atoms with Gasteiger partial charge in [0.05, 0.1) is 13.2 Å². The Hall–Kier alpha value is -2.81. The number of carbonyl (C=O) groups excluding carboxylic acids is 2. The van der Waals surface area contributed by atoms with Gasteiger partial charge in [-0.1, -0.05) is 170 Å². The van der Waals surface area contributed by atoms with Gasteiger partial charge in [-0.3, -0.25) is 18.6 Å². The van der Waals surface area contributed by atoms with Gasteiger partial charge >= 0.3 is 13.8 Å². The summed E-state index contributed by atoms with van der Waals surface area (Å²) in [5.74, 6) is -0.546. The van der Waals surface area contributed by atoms with Crippen molar-refractivity contribution in [3.05, 3.63) is 85.1 Å². The Labute approximate surface area is 366 Å². The minimum Gasteiger partial charge on any atom is -0.463 e.